The van der Waals surface area contributed by atoms with E-state index in [0.717, 1.165) is 0 Å². The second-order valence-corrected chi connectivity index (χ2v) is 12.0. The Morgan fingerprint density at radius 3 is 2.55 bits per heavy atom. The Morgan fingerprint density at radius 2 is 1.95 bits per heavy atom. The van der Waals surface area contributed by atoms with Crippen molar-refractivity contribution in [3.63, 3.8) is 0 Å². The summed E-state index contributed by atoms with van der Waals surface area (Å²) in [6.45, 7) is 10.9. The monoisotopic (exact) mass is 355 g/mol. The molecule has 0 N–H and O–H groups in total. The number of aromatic nitrogens is 1. The minimum absolute atomic E-state index is 0.0783. The van der Waals surface area contributed by atoms with Crippen LogP contribution in [0, 0.1) is 5.82 Å². The fraction of sp³-hybridized carbons (Fsp3) is 0.400. The third kappa shape index (κ3) is 2.74. The van der Waals surface area contributed by atoms with Gasteiger partial charge in [-0.1, -0.05) is 20.8 Å². The summed E-state index contributed by atoms with van der Waals surface area (Å²) in [6, 6.07) is 5.14. The SMILES string of the molecule is CC(C)(C)[Si](C)(C)Oc1cc(Br)c(F)c2cccnc12. The topological polar surface area (TPSA) is 22.1 Å². The summed E-state index contributed by atoms with van der Waals surface area (Å²) in [5.41, 5.74) is 0.582. The molecule has 0 unspecified atom stereocenters. The van der Waals surface area contributed by atoms with Crippen LogP contribution in [-0.2, 0) is 0 Å². The van der Waals surface area contributed by atoms with Gasteiger partial charge in [0.05, 0.1) is 4.47 Å². The zero-order valence-electron chi connectivity index (χ0n) is 12.4. The lowest BCUT2D eigenvalue weighted by Gasteiger charge is -2.36. The molecule has 108 valence electrons. The van der Waals surface area contributed by atoms with Crippen molar-refractivity contribution in [2.24, 2.45) is 0 Å². The Morgan fingerprint density at radius 1 is 1.30 bits per heavy atom. The highest BCUT2D eigenvalue weighted by molar-refractivity contribution is 9.10. The van der Waals surface area contributed by atoms with Crippen molar-refractivity contribution >= 4 is 35.2 Å². The van der Waals surface area contributed by atoms with Gasteiger partial charge in [-0.05, 0) is 52.3 Å². The van der Waals surface area contributed by atoms with Gasteiger partial charge in [0, 0.05) is 11.6 Å². The first-order chi connectivity index (χ1) is 9.13. The first-order valence-corrected chi connectivity index (χ1v) is 10.3. The molecule has 0 bridgehead atoms. The molecule has 1 aromatic carbocycles. The van der Waals surface area contributed by atoms with Gasteiger partial charge in [-0.3, -0.25) is 4.98 Å². The normalized spacial score (nSPS) is 12.8. The van der Waals surface area contributed by atoms with E-state index in [0.29, 0.717) is 21.1 Å². The number of hydrogen-bond donors (Lipinski definition) is 0. The van der Waals surface area contributed by atoms with Crippen LogP contribution in [0.4, 0.5) is 4.39 Å². The summed E-state index contributed by atoms with van der Waals surface area (Å²) < 4.78 is 20.8. The lowest BCUT2D eigenvalue weighted by molar-refractivity contribution is 0.494. The molecule has 5 heteroatoms. The highest BCUT2D eigenvalue weighted by Crippen LogP contribution is 2.40. The number of benzene rings is 1. The fourth-order valence-electron chi connectivity index (χ4n) is 1.66. The Hall–Kier alpha value is -0.943. The largest absolute Gasteiger partial charge is 0.542 e. The fourth-order valence-corrected chi connectivity index (χ4v) is 3.09. The highest BCUT2D eigenvalue weighted by Gasteiger charge is 2.39. The van der Waals surface area contributed by atoms with Crippen LogP contribution in [0.25, 0.3) is 10.9 Å². The molecule has 0 aliphatic heterocycles. The van der Waals surface area contributed by atoms with Gasteiger partial charge in [0.25, 0.3) is 8.32 Å². The van der Waals surface area contributed by atoms with Gasteiger partial charge in [0.2, 0.25) is 0 Å². The van der Waals surface area contributed by atoms with Gasteiger partial charge >= 0.3 is 0 Å². The van der Waals surface area contributed by atoms with E-state index >= 15 is 0 Å². The number of rotatable bonds is 2. The van der Waals surface area contributed by atoms with Gasteiger partial charge < -0.3 is 4.43 Å². The summed E-state index contributed by atoms with van der Waals surface area (Å²) in [6.07, 6.45) is 1.66. The smallest absolute Gasteiger partial charge is 0.250 e. The molecule has 0 fully saturated rings. The molecule has 2 nitrogen and oxygen atoms in total. The van der Waals surface area contributed by atoms with Gasteiger partial charge in [0.15, 0.2) is 0 Å². The summed E-state index contributed by atoms with van der Waals surface area (Å²) in [5, 5.41) is 0.560. The molecule has 1 aromatic heterocycles. The zero-order chi connectivity index (χ0) is 15.1. The second kappa shape index (κ2) is 5.11. The minimum Gasteiger partial charge on any atom is -0.542 e. The Labute approximate surface area is 128 Å². The van der Waals surface area contributed by atoms with Gasteiger partial charge in [-0.15, -0.1) is 0 Å². The zero-order valence-corrected chi connectivity index (χ0v) is 15.0. The lowest BCUT2D eigenvalue weighted by atomic mass is 10.2. The molecule has 1 heterocycles. The van der Waals surface area contributed by atoms with Crippen LogP contribution in [0.5, 0.6) is 5.75 Å². The van der Waals surface area contributed by atoms with Crippen LogP contribution >= 0.6 is 15.9 Å². The summed E-state index contributed by atoms with van der Waals surface area (Å²) in [7, 11) is -1.99. The number of fused-ring (bicyclic) bond motifs is 1. The van der Waals surface area contributed by atoms with E-state index < -0.39 is 8.32 Å². The maximum absolute atomic E-state index is 14.1. The van der Waals surface area contributed by atoms with E-state index in [-0.39, 0.29) is 10.9 Å². The Balaban J connectivity index is 2.59. The van der Waals surface area contributed by atoms with Crippen LogP contribution in [-0.4, -0.2) is 13.3 Å². The maximum Gasteiger partial charge on any atom is 0.250 e. The molecule has 0 saturated heterocycles. The van der Waals surface area contributed by atoms with E-state index in [9.17, 15) is 4.39 Å². The number of pyridine rings is 1. The molecule has 0 saturated carbocycles. The van der Waals surface area contributed by atoms with Crippen molar-refractivity contribution in [3.05, 3.63) is 34.7 Å². The Bertz CT molecular complexity index is 652. The third-order valence-corrected chi connectivity index (χ3v) is 8.84. The number of nitrogens with zero attached hydrogens (tertiary/aromatic N) is 1. The molecular formula is C15H19BrFNOSi. The molecule has 2 rings (SSSR count). The second-order valence-electron chi connectivity index (χ2n) is 6.43. The highest BCUT2D eigenvalue weighted by atomic mass is 79.9. The molecule has 20 heavy (non-hydrogen) atoms. The van der Waals surface area contributed by atoms with Crippen molar-refractivity contribution in [1.82, 2.24) is 4.98 Å². The van der Waals surface area contributed by atoms with E-state index in [1.165, 1.54) is 0 Å². The molecule has 0 radical (unpaired) electrons. The summed E-state index contributed by atoms with van der Waals surface area (Å²) in [4.78, 5) is 4.29. The quantitative estimate of drug-likeness (QED) is 0.661. The van der Waals surface area contributed by atoms with Crippen LogP contribution < -0.4 is 4.43 Å². The van der Waals surface area contributed by atoms with Crippen LogP contribution in [0.15, 0.2) is 28.9 Å². The molecular weight excluding hydrogens is 337 g/mol. The van der Waals surface area contributed by atoms with E-state index in [4.69, 9.17) is 4.43 Å². The minimum atomic E-state index is -1.99. The van der Waals surface area contributed by atoms with Crippen LogP contribution in [0.2, 0.25) is 18.1 Å². The van der Waals surface area contributed by atoms with Crippen molar-refractivity contribution in [1.29, 1.82) is 0 Å². The van der Waals surface area contributed by atoms with E-state index in [2.05, 4.69) is 54.8 Å². The molecule has 0 spiro atoms. The predicted octanol–water partition coefficient (Wildman–Crippen LogP) is 5.52. The first kappa shape index (κ1) is 15.4. The standard InChI is InChI=1S/C15H19BrFNOSi/c1-15(2,3)20(4,5)19-12-9-11(16)13(17)10-7-6-8-18-14(10)12/h6-9H,1-5H3. The van der Waals surface area contributed by atoms with Crippen LogP contribution in [0.1, 0.15) is 20.8 Å². The average Bonchev–Trinajstić information content (AvgIpc) is 2.34. The molecule has 0 atom stereocenters. The van der Waals surface area contributed by atoms with Crippen molar-refractivity contribution in [3.8, 4) is 5.75 Å². The number of hydrogen-bond acceptors (Lipinski definition) is 2. The maximum atomic E-state index is 14.1. The van der Waals surface area contributed by atoms with Gasteiger partial charge in [0.1, 0.15) is 17.1 Å². The molecule has 0 amide bonds. The third-order valence-electron chi connectivity index (χ3n) is 3.92. The molecule has 2 aromatic rings. The first-order valence-electron chi connectivity index (χ1n) is 6.55. The summed E-state index contributed by atoms with van der Waals surface area (Å²) >= 11 is 3.26. The van der Waals surface area contributed by atoms with E-state index in [1.54, 1.807) is 24.4 Å². The predicted molar refractivity (Wildman–Crippen MR) is 87.2 cm³/mol. The Kier molecular flexibility index (Phi) is 3.95. The summed E-state index contributed by atoms with van der Waals surface area (Å²) in [5.74, 6) is 0.358. The van der Waals surface area contributed by atoms with Gasteiger partial charge in [-0.2, -0.15) is 0 Å². The van der Waals surface area contributed by atoms with Crippen molar-refractivity contribution in [2.45, 2.75) is 38.9 Å². The van der Waals surface area contributed by atoms with Gasteiger partial charge in [-0.25, -0.2) is 4.39 Å². The molecule has 0 aliphatic rings. The van der Waals surface area contributed by atoms with E-state index in [1.807, 2.05) is 0 Å². The lowest BCUT2D eigenvalue weighted by Crippen LogP contribution is -2.43. The van der Waals surface area contributed by atoms with Crippen molar-refractivity contribution in [2.75, 3.05) is 0 Å². The van der Waals surface area contributed by atoms with Crippen LogP contribution in [0.3, 0.4) is 0 Å². The molecule has 0 aliphatic carbocycles. The van der Waals surface area contributed by atoms with Crippen molar-refractivity contribution < 1.29 is 8.82 Å². The number of halogens is 2. The average molecular weight is 356 g/mol.